The number of aromatic nitrogens is 1. The first-order chi connectivity index (χ1) is 13.9. The van der Waals surface area contributed by atoms with Gasteiger partial charge in [-0.1, -0.05) is 22.9 Å². The normalized spacial score (nSPS) is 12.5. The second kappa shape index (κ2) is 9.17. The molecule has 10 heteroatoms. The third-order valence-corrected chi connectivity index (χ3v) is 6.91. The van der Waals surface area contributed by atoms with Gasteiger partial charge in [0.05, 0.1) is 25.7 Å². The molecule has 2 aromatic carbocycles. The maximum absolute atomic E-state index is 12.9. The Hall–Kier alpha value is -2.07. The molecule has 0 aliphatic carbocycles. The van der Waals surface area contributed by atoms with E-state index in [0.29, 0.717) is 46.6 Å². The summed E-state index contributed by atoms with van der Waals surface area (Å²) >= 11 is 7.09. The Morgan fingerprint density at radius 3 is 2.34 bits per heavy atom. The summed E-state index contributed by atoms with van der Waals surface area (Å²) in [5, 5.41) is 0.451. The van der Waals surface area contributed by atoms with E-state index >= 15 is 0 Å². The molecule has 0 radical (unpaired) electrons. The summed E-state index contributed by atoms with van der Waals surface area (Å²) in [4.78, 5) is 0.368. The van der Waals surface area contributed by atoms with Crippen LogP contribution >= 0.6 is 22.9 Å². The van der Waals surface area contributed by atoms with E-state index in [-0.39, 0.29) is 4.90 Å². The zero-order valence-corrected chi connectivity index (χ0v) is 18.6. The minimum atomic E-state index is -3.94. The van der Waals surface area contributed by atoms with Crippen molar-refractivity contribution in [2.75, 3.05) is 27.4 Å². The molecule has 0 saturated heterocycles. The average Bonchev–Trinajstić information content (AvgIpc) is 3.05. The highest BCUT2D eigenvalue weighted by atomic mass is 35.5. The Morgan fingerprint density at radius 2 is 1.72 bits per heavy atom. The van der Waals surface area contributed by atoms with Crippen LogP contribution in [0, 0.1) is 0 Å². The molecule has 1 heterocycles. The van der Waals surface area contributed by atoms with Crippen molar-refractivity contribution in [3.05, 3.63) is 46.2 Å². The standard InChI is InChI=1S/C19H21ClN2O5S2/c1-4-27-12-11-22-17-15(25-2)9-10-16(26-3)18(17)28-19(22)21-29(23,24)14-7-5-13(20)6-8-14/h5-10H,4,11-12H2,1-3H3/b21-19-. The highest BCUT2D eigenvalue weighted by molar-refractivity contribution is 7.90. The number of methoxy groups -OCH3 is 2. The molecule has 3 aromatic rings. The number of hydrogen-bond acceptors (Lipinski definition) is 6. The summed E-state index contributed by atoms with van der Waals surface area (Å²) < 4.78 is 48.8. The Morgan fingerprint density at radius 1 is 1.07 bits per heavy atom. The fraction of sp³-hybridized carbons (Fsp3) is 0.316. The first-order valence-electron chi connectivity index (χ1n) is 8.80. The van der Waals surface area contributed by atoms with Gasteiger partial charge >= 0.3 is 0 Å². The van der Waals surface area contributed by atoms with Crippen LogP contribution in [-0.4, -0.2) is 40.4 Å². The van der Waals surface area contributed by atoms with E-state index in [2.05, 4.69) is 4.40 Å². The van der Waals surface area contributed by atoms with Gasteiger partial charge in [0.15, 0.2) is 0 Å². The summed E-state index contributed by atoms with van der Waals surface area (Å²) in [5.74, 6) is 1.21. The molecule has 0 N–H and O–H groups in total. The average molecular weight is 457 g/mol. The molecule has 0 fully saturated rings. The van der Waals surface area contributed by atoms with E-state index in [1.807, 2.05) is 6.92 Å². The van der Waals surface area contributed by atoms with Gasteiger partial charge in [-0.15, -0.1) is 4.40 Å². The molecular formula is C19H21ClN2O5S2. The van der Waals surface area contributed by atoms with Crippen LogP contribution in [0.4, 0.5) is 0 Å². The topological polar surface area (TPSA) is 79.1 Å². The Kier molecular flexibility index (Phi) is 6.84. The lowest BCUT2D eigenvalue weighted by Gasteiger charge is -2.10. The van der Waals surface area contributed by atoms with Crippen molar-refractivity contribution in [3.63, 3.8) is 0 Å². The van der Waals surface area contributed by atoms with Crippen LogP contribution in [0.25, 0.3) is 10.2 Å². The van der Waals surface area contributed by atoms with Gasteiger partial charge in [0.2, 0.25) is 4.80 Å². The molecule has 0 aliphatic heterocycles. The molecule has 0 bridgehead atoms. The number of halogens is 1. The summed E-state index contributed by atoms with van der Waals surface area (Å²) in [6, 6.07) is 9.46. The van der Waals surface area contributed by atoms with Gasteiger partial charge in [-0.3, -0.25) is 0 Å². The zero-order valence-electron chi connectivity index (χ0n) is 16.2. The molecule has 1 aromatic heterocycles. The van der Waals surface area contributed by atoms with Gasteiger partial charge in [0, 0.05) is 18.2 Å². The van der Waals surface area contributed by atoms with Crippen LogP contribution in [0.1, 0.15) is 6.92 Å². The van der Waals surface area contributed by atoms with E-state index in [1.165, 1.54) is 35.6 Å². The van der Waals surface area contributed by atoms with Gasteiger partial charge in [-0.05, 0) is 43.3 Å². The number of thiazole rings is 1. The number of benzene rings is 2. The number of ether oxygens (including phenoxy) is 3. The molecule has 0 unspecified atom stereocenters. The predicted molar refractivity (Wildman–Crippen MR) is 114 cm³/mol. The van der Waals surface area contributed by atoms with Crippen molar-refractivity contribution in [1.29, 1.82) is 0 Å². The zero-order chi connectivity index (χ0) is 21.0. The van der Waals surface area contributed by atoms with E-state index in [0.717, 1.165) is 4.70 Å². The maximum Gasteiger partial charge on any atom is 0.285 e. The Balaban J connectivity index is 2.26. The molecule has 0 atom stereocenters. The summed E-state index contributed by atoms with van der Waals surface area (Å²) in [6.45, 7) is 3.26. The van der Waals surface area contributed by atoms with E-state index < -0.39 is 10.0 Å². The monoisotopic (exact) mass is 456 g/mol. The van der Waals surface area contributed by atoms with E-state index in [4.69, 9.17) is 25.8 Å². The van der Waals surface area contributed by atoms with Gasteiger partial charge < -0.3 is 18.8 Å². The molecule has 0 spiro atoms. The van der Waals surface area contributed by atoms with Crippen LogP contribution in [0.5, 0.6) is 11.5 Å². The molecule has 3 rings (SSSR count). The van der Waals surface area contributed by atoms with Crippen molar-refractivity contribution in [1.82, 2.24) is 4.57 Å². The Bertz CT molecular complexity index is 1170. The first-order valence-corrected chi connectivity index (χ1v) is 11.4. The summed E-state index contributed by atoms with van der Waals surface area (Å²) in [7, 11) is -0.812. The van der Waals surface area contributed by atoms with Crippen molar-refractivity contribution in [3.8, 4) is 11.5 Å². The molecule has 7 nitrogen and oxygen atoms in total. The quantitative estimate of drug-likeness (QED) is 0.483. The van der Waals surface area contributed by atoms with Crippen LogP contribution < -0.4 is 14.3 Å². The van der Waals surface area contributed by atoms with E-state index in [1.54, 1.807) is 30.9 Å². The lowest BCUT2D eigenvalue weighted by Crippen LogP contribution is -2.20. The lowest BCUT2D eigenvalue weighted by molar-refractivity contribution is 0.139. The minimum Gasteiger partial charge on any atom is -0.495 e. The fourth-order valence-corrected chi connectivity index (χ4v) is 5.29. The largest absolute Gasteiger partial charge is 0.495 e. The summed E-state index contributed by atoms with van der Waals surface area (Å²) in [5.41, 5.74) is 0.710. The molecule has 29 heavy (non-hydrogen) atoms. The highest BCUT2D eigenvalue weighted by Crippen LogP contribution is 2.35. The third-order valence-electron chi connectivity index (χ3n) is 4.17. The number of rotatable bonds is 8. The highest BCUT2D eigenvalue weighted by Gasteiger charge is 2.19. The van der Waals surface area contributed by atoms with Crippen molar-refractivity contribution in [2.24, 2.45) is 4.40 Å². The van der Waals surface area contributed by atoms with Gasteiger partial charge in [-0.2, -0.15) is 8.42 Å². The third kappa shape index (κ3) is 4.58. The SMILES string of the molecule is CCOCCn1/c(=N/S(=O)(=O)c2ccc(Cl)cc2)sc2c(OC)ccc(OC)c21. The Labute approximate surface area is 178 Å². The van der Waals surface area contributed by atoms with Gasteiger partial charge in [-0.25, -0.2) is 0 Å². The molecule has 156 valence electrons. The maximum atomic E-state index is 12.9. The van der Waals surface area contributed by atoms with E-state index in [9.17, 15) is 8.42 Å². The van der Waals surface area contributed by atoms with Gasteiger partial charge in [0.1, 0.15) is 21.7 Å². The van der Waals surface area contributed by atoms with Gasteiger partial charge in [0.25, 0.3) is 10.0 Å². The van der Waals surface area contributed by atoms with Crippen molar-refractivity contribution >= 4 is 43.2 Å². The van der Waals surface area contributed by atoms with Crippen molar-refractivity contribution in [2.45, 2.75) is 18.4 Å². The molecule has 0 saturated carbocycles. The van der Waals surface area contributed by atoms with Crippen LogP contribution in [0.3, 0.4) is 0 Å². The number of hydrogen-bond donors (Lipinski definition) is 0. The smallest absolute Gasteiger partial charge is 0.285 e. The molecule has 0 aliphatic rings. The lowest BCUT2D eigenvalue weighted by atomic mass is 10.3. The van der Waals surface area contributed by atoms with Crippen LogP contribution in [0.2, 0.25) is 5.02 Å². The summed E-state index contributed by atoms with van der Waals surface area (Å²) in [6.07, 6.45) is 0. The second-order valence-corrected chi connectivity index (χ2v) is 8.92. The van der Waals surface area contributed by atoms with Crippen LogP contribution in [0.15, 0.2) is 45.7 Å². The molecule has 0 amide bonds. The fourth-order valence-electron chi connectivity index (χ4n) is 2.79. The van der Waals surface area contributed by atoms with Crippen LogP contribution in [-0.2, 0) is 21.3 Å². The predicted octanol–water partition coefficient (Wildman–Crippen LogP) is 3.70. The number of fused-ring (bicyclic) bond motifs is 1. The van der Waals surface area contributed by atoms with Crippen molar-refractivity contribution < 1.29 is 22.6 Å². The second-order valence-electron chi connectivity index (χ2n) is 5.90. The number of sulfonamides is 1. The molecular weight excluding hydrogens is 436 g/mol. The number of nitrogens with zero attached hydrogens (tertiary/aromatic N) is 2. The first kappa shape index (κ1) is 21.6. The minimum absolute atomic E-state index is 0.0645.